The van der Waals surface area contributed by atoms with Gasteiger partial charge in [-0.25, -0.2) is 0 Å². The number of carbonyl (C=O) groups is 1. The number of ether oxygens (including phenoxy) is 1. The summed E-state index contributed by atoms with van der Waals surface area (Å²) in [6, 6.07) is 4.79. The van der Waals surface area contributed by atoms with Crippen molar-refractivity contribution in [3.63, 3.8) is 0 Å². The lowest BCUT2D eigenvalue weighted by Gasteiger charge is -2.09. The minimum Gasteiger partial charge on any atom is -0.504 e. The molecule has 5 nitrogen and oxygen atoms in total. The van der Waals surface area contributed by atoms with Crippen LogP contribution in [0.1, 0.15) is 29.6 Å². The summed E-state index contributed by atoms with van der Waals surface area (Å²) < 4.78 is 4.95. The van der Waals surface area contributed by atoms with Gasteiger partial charge in [0.1, 0.15) is 0 Å². The van der Waals surface area contributed by atoms with Crippen LogP contribution in [0.3, 0.4) is 0 Å². The van der Waals surface area contributed by atoms with E-state index in [0.717, 1.165) is 12.8 Å². The first-order valence-corrected chi connectivity index (χ1v) is 6.39. The molecule has 0 spiro atoms. The van der Waals surface area contributed by atoms with Gasteiger partial charge >= 0.3 is 0 Å². The molecule has 104 valence electrons. The van der Waals surface area contributed by atoms with Crippen LogP contribution in [-0.4, -0.2) is 29.7 Å². The highest BCUT2D eigenvalue weighted by Crippen LogP contribution is 2.29. The number of rotatable bonds is 7. The number of hydrogen-bond acceptors (Lipinski definition) is 4. The van der Waals surface area contributed by atoms with Gasteiger partial charge in [0.15, 0.2) is 11.5 Å². The van der Waals surface area contributed by atoms with Crippen LogP contribution >= 0.6 is 12.2 Å². The molecule has 0 atom stereocenters. The number of carbonyl (C=O) groups excluding carboxylic acids is 1. The number of methoxy groups -OCH3 is 1. The van der Waals surface area contributed by atoms with Crippen LogP contribution in [0, 0.1) is 0 Å². The first-order chi connectivity index (χ1) is 9.06. The lowest BCUT2D eigenvalue weighted by atomic mass is 10.1. The summed E-state index contributed by atoms with van der Waals surface area (Å²) in [5.74, 6) is -0.196. The second-order valence-electron chi connectivity index (χ2n) is 4.04. The Bertz CT molecular complexity index is 463. The number of phenolic OH excluding ortho intramolecular Hbond substituents is 1. The maximum Gasteiger partial charge on any atom is 0.255 e. The van der Waals surface area contributed by atoms with Gasteiger partial charge < -0.3 is 20.9 Å². The van der Waals surface area contributed by atoms with Crippen molar-refractivity contribution >= 4 is 23.1 Å². The summed E-state index contributed by atoms with van der Waals surface area (Å²) in [5.41, 5.74) is 5.58. The minimum atomic E-state index is -0.327. The summed E-state index contributed by atoms with van der Waals surface area (Å²) in [6.45, 7) is 0.512. The molecule has 0 aliphatic heterocycles. The molecule has 1 amide bonds. The predicted molar refractivity (Wildman–Crippen MR) is 77.6 cm³/mol. The Balaban J connectivity index is 2.48. The molecule has 0 aliphatic carbocycles. The van der Waals surface area contributed by atoms with Crippen LogP contribution in [0.2, 0.25) is 0 Å². The first kappa shape index (κ1) is 15.2. The van der Waals surface area contributed by atoms with Crippen molar-refractivity contribution in [1.29, 1.82) is 0 Å². The Morgan fingerprint density at radius 3 is 2.84 bits per heavy atom. The number of benzene rings is 1. The van der Waals surface area contributed by atoms with Crippen LogP contribution in [0.15, 0.2) is 18.2 Å². The molecule has 0 unspecified atom stereocenters. The third-order valence-electron chi connectivity index (χ3n) is 2.60. The number of nitrogens with one attached hydrogen (secondary N) is 1. The Labute approximate surface area is 117 Å². The Morgan fingerprint density at radius 1 is 1.47 bits per heavy atom. The molecule has 1 rings (SSSR count). The number of aromatic hydroxyl groups is 1. The second kappa shape index (κ2) is 7.58. The molecule has 0 saturated carbocycles. The van der Waals surface area contributed by atoms with Crippen LogP contribution in [0.25, 0.3) is 0 Å². The number of para-hydroxylation sites is 1. The molecular formula is C13H18N2O3S. The van der Waals surface area contributed by atoms with E-state index in [2.05, 4.69) is 5.32 Å². The third kappa shape index (κ3) is 4.75. The number of amides is 1. The molecule has 0 radical (unpaired) electrons. The number of nitrogens with two attached hydrogens (primary N) is 1. The standard InChI is InChI=1S/C13H18N2O3S/c1-18-10-6-4-5-9(12(10)16)13(17)15-8-3-2-7-11(14)19/h4-6,16H,2-3,7-8H2,1H3,(H2,14,19)(H,15,17). The molecule has 0 aliphatic rings. The monoisotopic (exact) mass is 282 g/mol. The summed E-state index contributed by atoms with van der Waals surface area (Å²) in [4.78, 5) is 12.3. The molecule has 1 aromatic rings. The van der Waals surface area contributed by atoms with Crippen LogP contribution in [-0.2, 0) is 0 Å². The van der Waals surface area contributed by atoms with Gasteiger partial charge in [-0.05, 0) is 31.4 Å². The van der Waals surface area contributed by atoms with E-state index in [4.69, 9.17) is 22.7 Å². The zero-order valence-electron chi connectivity index (χ0n) is 10.8. The average molecular weight is 282 g/mol. The number of phenols is 1. The van der Waals surface area contributed by atoms with Gasteiger partial charge in [0, 0.05) is 6.54 Å². The van der Waals surface area contributed by atoms with E-state index in [0.29, 0.717) is 18.0 Å². The molecule has 1 aromatic carbocycles. The first-order valence-electron chi connectivity index (χ1n) is 5.98. The predicted octanol–water partition coefficient (Wildman–Crippen LogP) is 1.59. The van der Waals surface area contributed by atoms with Crippen molar-refractivity contribution in [2.45, 2.75) is 19.3 Å². The highest BCUT2D eigenvalue weighted by Gasteiger charge is 2.13. The maximum atomic E-state index is 11.9. The van der Waals surface area contributed by atoms with Gasteiger partial charge in [0.2, 0.25) is 0 Å². The highest BCUT2D eigenvalue weighted by atomic mass is 32.1. The quantitative estimate of drug-likeness (QED) is 0.522. The van der Waals surface area contributed by atoms with Crippen LogP contribution < -0.4 is 15.8 Å². The van der Waals surface area contributed by atoms with Gasteiger partial charge in [0.25, 0.3) is 5.91 Å². The summed E-state index contributed by atoms with van der Waals surface area (Å²) in [7, 11) is 1.44. The minimum absolute atomic E-state index is 0.148. The van der Waals surface area contributed by atoms with E-state index < -0.39 is 0 Å². The van der Waals surface area contributed by atoms with Crippen LogP contribution in [0.4, 0.5) is 0 Å². The normalized spacial score (nSPS) is 9.95. The Morgan fingerprint density at radius 2 is 2.21 bits per heavy atom. The summed E-state index contributed by atoms with van der Waals surface area (Å²) in [6.07, 6.45) is 2.29. The van der Waals surface area contributed by atoms with E-state index in [1.807, 2.05) is 0 Å². The molecule has 0 saturated heterocycles. The zero-order chi connectivity index (χ0) is 14.3. The molecule has 19 heavy (non-hydrogen) atoms. The molecular weight excluding hydrogens is 264 g/mol. The van der Waals surface area contributed by atoms with Gasteiger partial charge in [0.05, 0.1) is 17.7 Å². The Kier molecular flexibility index (Phi) is 6.08. The fourth-order valence-electron chi connectivity index (χ4n) is 1.59. The number of unbranched alkanes of at least 4 members (excludes halogenated alkanes) is 1. The molecule has 0 aromatic heterocycles. The van der Waals surface area contributed by atoms with E-state index >= 15 is 0 Å². The van der Waals surface area contributed by atoms with E-state index in [9.17, 15) is 9.90 Å². The molecule has 0 bridgehead atoms. The van der Waals surface area contributed by atoms with Gasteiger partial charge in [-0.15, -0.1) is 0 Å². The molecule has 4 N–H and O–H groups in total. The highest BCUT2D eigenvalue weighted by molar-refractivity contribution is 7.80. The van der Waals surface area contributed by atoms with Crippen molar-refractivity contribution in [2.75, 3.05) is 13.7 Å². The summed E-state index contributed by atoms with van der Waals surface area (Å²) in [5, 5.41) is 12.5. The van der Waals surface area contributed by atoms with Crippen molar-refractivity contribution in [3.05, 3.63) is 23.8 Å². The van der Waals surface area contributed by atoms with Crippen molar-refractivity contribution in [2.24, 2.45) is 5.73 Å². The fraction of sp³-hybridized carbons (Fsp3) is 0.385. The van der Waals surface area contributed by atoms with Gasteiger partial charge in [-0.3, -0.25) is 4.79 Å². The average Bonchev–Trinajstić information content (AvgIpc) is 2.38. The number of hydrogen-bond donors (Lipinski definition) is 3. The van der Waals surface area contributed by atoms with E-state index in [-0.39, 0.29) is 23.0 Å². The lowest BCUT2D eigenvalue weighted by Crippen LogP contribution is -2.24. The second-order valence-corrected chi connectivity index (χ2v) is 4.56. The molecule has 0 heterocycles. The molecule has 0 fully saturated rings. The zero-order valence-corrected chi connectivity index (χ0v) is 11.6. The SMILES string of the molecule is COc1cccc(C(=O)NCCCCC(N)=S)c1O. The maximum absolute atomic E-state index is 11.9. The van der Waals surface area contributed by atoms with Gasteiger partial charge in [-0.2, -0.15) is 0 Å². The lowest BCUT2D eigenvalue weighted by molar-refractivity contribution is 0.0950. The van der Waals surface area contributed by atoms with Crippen molar-refractivity contribution in [3.8, 4) is 11.5 Å². The van der Waals surface area contributed by atoms with E-state index in [1.54, 1.807) is 18.2 Å². The summed E-state index contributed by atoms with van der Waals surface area (Å²) >= 11 is 4.76. The fourth-order valence-corrected chi connectivity index (χ4v) is 1.74. The van der Waals surface area contributed by atoms with Crippen LogP contribution in [0.5, 0.6) is 11.5 Å². The van der Waals surface area contributed by atoms with Gasteiger partial charge in [-0.1, -0.05) is 18.3 Å². The Hall–Kier alpha value is -1.82. The van der Waals surface area contributed by atoms with E-state index in [1.165, 1.54) is 7.11 Å². The smallest absolute Gasteiger partial charge is 0.255 e. The molecule has 6 heteroatoms. The van der Waals surface area contributed by atoms with Crippen molar-refractivity contribution in [1.82, 2.24) is 5.32 Å². The number of thiocarbonyl (C=S) groups is 1. The third-order valence-corrected chi connectivity index (χ3v) is 2.80. The largest absolute Gasteiger partial charge is 0.504 e. The topological polar surface area (TPSA) is 84.6 Å². The van der Waals surface area contributed by atoms with Crippen molar-refractivity contribution < 1.29 is 14.6 Å².